The molecule has 118 valence electrons. The van der Waals surface area contributed by atoms with E-state index in [4.69, 9.17) is 4.74 Å². The summed E-state index contributed by atoms with van der Waals surface area (Å²) in [5.41, 5.74) is 4.94. The van der Waals surface area contributed by atoms with Crippen molar-refractivity contribution in [2.75, 3.05) is 19.0 Å². The van der Waals surface area contributed by atoms with E-state index in [1.54, 1.807) is 13.4 Å². The summed E-state index contributed by atoms with van der Waals surface area (Å²) < 4.78 is 7.12. The summed E-state index contributed by atoms with van der Waals surface area (Å²) in [5.74, 6) is 1.75. The molecule has 2 aromatic heterocycles. The second-order valence-corrected chi connectivity index (χ2v) is 5.66. The lowest BCUT2D eigenvalue weighted by Crippen LogP contribution is -2.22. The average molecular weight is 309 g/mol. The average Bonchev–Trinajstić information content (AvgIpc) is 2.99. The van der Waals surface area contributed by atoms with Crippen molar-refractivity contribution in [3.05, 3.63) is 53.5 Å². The van der Waals surface area contributed by atoms with Crippen LogP contribution in [0.25, 0.3) is 5.52 Å². The molecule has 0 saturated carbocycles. The van der Waals surface area contributed by atoms with Gasteiger partial charge in [0.25, 0.3) is 0 Å². The van der Waals surface area contributed by atoms with E-state index in [0.717, 1.165) is 43.1 Å². The van der Waals surface area contributed by atoms with Crippen LogP contribution < -0.4 is 15.4 Å². The molecule has 0 amide bonds. The Hall–Kier alpha value is -2.60. The fraction of sp³-hybridized carbons (Fsp3) is 0.294. The van der Waals surface area contributed by atoms with Gasteiger partial charge in [0.1, 0.15) is 17.6 Å². The first kappa shape index (κ1) is 14.0. The Kier molecular flexibility index (Phi) is 3.59. The predicted molar refractivity (Wildman–Crippen MR) is 88.7 cm³/mol. The third-order valence-corrected chi connectivity index (χ3v) is 4.25. The number of anilines is 1. The van der Waals surface area contributed by atoms with Crippen molar-refractivity contribution in [1.29, 1.82) is 0 Å². The van der Waals surface area contributed by atoms with Crippen molar-refractivity contribution in [2.24, 2.45) is 0 Å². The molecule has 3 aromatic rings. The topological polar surface area (TPSA) is 63.5 Å². The Morgan fingerprint density at radius 2 is 2.17 bits per heavy atom. The standard InChI is InChI=1S/C17H19N5O/c1-23-14-4-2-12(3-5-14)8-19-17-16-15-6-7-18-9-13(15)10-22(16)21-11-20-17/h2-5,10-11,18H,6-9H2,1H3,(H,19,20,21). The van der Waals surface area contributed by atoms with Crippen molar-refractivity contribution >= 4 is 11.3 Å². The highest BCUT2D eigenvalue weighted by atomic mass is 16.5. The van der Waals surface area contributed by atoms with Crippen molar-refractivity contribution < 1.29 is 4.74 Å². The molecule has 6 nitrogen and oxygen atoms in total. The molecule has 0 atom stereocenters. The number of methoxy groups -OCH3 is 1. The van der Waals surface area contributed by atoms with Crippen molar-refractivity contribution in [3.8, 4) is 5.75 Å². The number of fused-ring (bicyclic) bond motifs is 3. The predicted octanol–water partition coefficient (Wildman–Crippen LogP) is 2.00. The van der Waals surface area contributed by atoms with Gasteiger partial charge in [-0.25, -0.2) is 9.50 Å². The maximum absolute atomic E-state index is 5.19. The molecule has 3 heterocycles. The van der Waals surface area contributed by atoms with Crippen LogP contribution >= 0.6 is 0 Å². The molecule has 23 heavy (non-hydrogen) atoms. The summed E-state index contributed by atoms with van der Waals surface area (Å²) in [6, 6.07) is 8.05. The van der Waals surface area contributed by atoms with Crippen LogP contribution in [0.3, 0.4) is 0 Å². The molecule has 2 N–H and O–H groups in total. The van der Waals surface area contributed by atoms with Crippen LogP contribution in [0.2, 0.25) is 0 Å². The molecule has 0 fully saturated rings. The number of benzene rings is 1. The zero-order valence-corrected chi connectivity index (χ0v) is 13.0. The Labute approximate surface area is 134 Å². The first-order chi connectivity index (χ1) is 11.3. The fourth-order valence-corrected chi connectivity index (χ4v) is 3.05. The number of aromatic nitrogens is 3. The number of nitrogens with one attached hydrogen (secondary N) is 2. The molecular weight excluding hydrogens is 290 g/mol. The molecule has 0 bridgehead atoms. The summed E-state index contributed by atoms with van der Waals surface area (Å²) in [4.78, 5) is 4.45. The zero-order valence-electron chi connectivity index (χ0n) is 13.0. The number of ether oxygens (including phenoxy) is 1. The smallest absolute Gasteiger partial charge is 0.154 e. The maximum atomic E-state index is 5.19. The third-order valence-electron chi connectivity index (χ3n) is 4.25. The quantitative estimate of drug-likeness (QED) is 0.772. The summed E-state index contributed by atoms with van der Waals surface area (Å²) in [7, 11) is 1.68. The highest BCUT2D eigenvalue weighted by Gasteiger charge is 2.18. The van der Waals surface area contributed by atoms with Gasteiger partial charge in [0.2, 0.25) is 0 Å². The van der Waals surface area contributed by atoms with Gasteiger partial charge in [-0.3, -0.25) is 0 Å². The lowest BCUT2D eigenvalue weighted by atomic mass is 10.1. The molecule has 0 saturated heterocycles. The van der Waals surface area contributed by atoms with E-state index in [2.05, 4.69) is 39.0 Å². The Morgan fingerprint density at radius 1 is 1.30 bits per heavy atom. The first-order valence-corrected chi connectivity index (χ1v) is 7.77. The monoisotopic (exact) mass is 309 g/mol. The minimum absolute atomic E-state index is 0.717. The van der Waals surface area contributed by atoms with Crippen molar-refractivity contribution in [2.45, 2.75) is 19.5 Å². The second kappa shape index (κ2) is 5.89. The van der Waals surface area contributed by atoms with E-state index in [-0.39, 0.29) is 0 Å². The summed E-state index contributed by atoms with van der Waals surface area (Å²) in [6.07, 6.45) is 4.70. The van der Waals surface area contributed by atoms with Gasteiger partial charge in [0, 0.05) is 19.3 Å². The Bertz CT molecular complexity index is 825. The van der Waals surface area contributed by atoms with Crippen LogP contribution in [0.5, 0.6) is 5.75 Å². The lowest BCUT2D eigenvalue weighted by Gasteiger charge is -2.14. The van der Waals surface area contributed by atoms with E-state index in [1.807, 2.05) is 16.6 Å². The zero-order chi connectivity index (χ0) is 15.6. The third kappa shape index (κ3) is 2.61. The van der Waals surface area contributed by atoms with Crippen molar-refractivity contribution in [3.63, 3.8) is 0 Å². The Morgan fingerprint density at radius 3 is 3.00 bits per heavy atom. The van der Waals surface area contributed by atoms with E-state index in [1.165, 1.54) is 16.7 Å². The molecule has 1 aromatic carbocycles. The van der Waals surface area contributed by atoms with E-state index >= 15 is 0 Å². The highest BCUT2D eigenvalue weighted by molar-refractivity contribution is 5.74. The first-order valence-electron chi connectivity index (χ1n) is 7.77. The largest absolute Gasteiger partial charge is 0.497 e. The van der Waals surface area contributed by atoms with Crippen LogP contribution in [0.1, 0.15) is 16.7 Å². The molecule has 1 aliphatic rings. The van der Waals surface area contributed by atoms with Crippen LogP contribution in [0.15, 0.2) is 36.8 Å². The highest BCUT2D eigenvalue weighted by Crippen LogP contribution is 2.26. The normalized spacial score (nSPS) is 13.8. The molecule has 6 heteroatoms. The molecule has 0 unspecified atom stereocenters. The fourth-order valence-electron chi connectivity index (χ4n) is 3.05. The maximum Gasteiger partial charge on any atom is 0.154 e. The van der Waals surface area contributed by atoms with Gasteiger partial charge in [-0.15, -0.1) is 0 Å². The Balaban J connectivity index is 1.62. The molecule has 1 aliphatic heterocycles. The van der Waals surface area contributed by atoms with E-state index in [9.17, 15) is 0 Å². The second-order valence-electron chi connectivity index (χ2n) is 5.66. The van der Waals surface area contributed by atoms with Gasteiger partial charge >= 0.3 is 0 Å². The summed E-state index contributed by atoms with van der Waals surface area (Å²) in [6.45, 7) is 2.62. The number of rotatable bonds is 4. The van der Waals surface area contributed by atoms with E-state index < -0.39 is 0 Å². The van der Waals surface area contributed by atoms with Crippen molar-refractivity contribution in [1.82, 2.24) is 19.9 Å². The lowest BCUT2D eigenvalue weighted by molar-refractivity contribution is 0.414. The van der Waals surface area contributed by atoms with Crippen LogP contribution in [-0.4, -0.2) is 28.3 Å². The summed E-state index contributed by atoms with van der Waals surface area (Å²) in [5, 5.41) is 11.2. The number of nitrogens with zero attached hydrogens (tertiary/aromatic N) is 3. The van der Waals surface area contributed by atoms with Crippen LogP contribution in [-0.2, 0) is 19.5 Å². The van der Waals surface area contributed by atoms with Gasteiger partial charge in [0.05, 0.1) is 7.11 Å². The van der Waals surface area contributed by atoms with Gasteiger partial charge < -0.3 is 15.4 Å². The number of hydrogen-bond donors (Lipinski definition) is 2. The van der Waals surface area contributed by atoms with Gasteiger partial charge in [0.15, 0.2) is 5.82 Å². The SMILES string of the molecule is COc1ccc(CNc2ncnn3cc4c(c23)CCNC4)cc1. The minimum Gasteiger partial charge on any atom is -0.497 e. The van der Waals surface area contributed by atoms with Crippen LogP contribution in [0, 0.1) is 0 Å². The molecular formula is C17H19N5O. The van der Waals surface area contributed by atoms with E-state index in [0.29, 0.717) is 0 Å². The number of hydrogen-bond acceptors (Lipinski definition) is 5. The molecule has 0 radical (unpaired) electrons. The molecule has 0 spiro atoms. The summed E-state index contributed by atoms with van der Waals surface area (Å²) >= 11 is 0. The van der Waals surface area contributed by atoms with Gasteiger partial charge in [-0.2, -0.15) is 5.10 Å². The molecule has 4 rings (SSSR count). The van der Waals surface area contributed by atoms with Gasteiger partial charge in [-0.1, -0.05) is 12.1 Å². The molecule has 0 aliphatic carbocycles. The van der Waals surface area contributed by atoms with Gasteiger partial charge in [-0.05, 0) is 41.8 Å². The van der Waals surface area contributed by atoms with Crippen LogP contribution in [0.4, 0.5) is 5.82 Å². The minimum atomic E-state index is 0.717.